The molecule has 0 spiro atoms. The van der Waals surface area contributed by atoms with Gasteiger partial charge in [-0.3, -0.25) is 9.69 Å². The van der Waals surface area contributed by atoms with Gasteiger partial charge in [-0.15, -0.1) is 0 Å². The number of benzene rings is 3. The number of hydrogen-bond donors (Lipinski definition) is 0. The lowest BCUT2D eigenvalue weighted by Gasteiger charge is -2.38. The summed E-state index contributed by atoms with van der Waals surface area (Å²) in [5, 5.41) is 0. The maximum absolute atomic E-state index is 14.9. The van der Waals surface area contributed by atoms with Crippen LogP contribution in [0.4, 0.5) is 20.6 Å². The minimum Gasteiger partial charge on any atom is -0.368 e. The summed E-state index contributed by atoms with van der Waals surface area (Å²) >= 11 is 0. The topological polar surface area (TPSA) is 81.2 Å². The Bertz CT molecular complexity index is 1470. The van der Waals surface area contributed by atoms with E-state index < -0.39 is 40.4 Å². The largest absolute Gasteiger partial charge is 0.368 e. The van der Waals surface area contributed by atoms with Crippen LogP contribution in [0.2, 0.25) is 0 Å². The molecule has 0 saturated carbocycles. The first-order chi connectivity index (χ1) is 18.2. The predicted molar refractivity (Wildman–Crippen MR) is 143 cm³/mol. The van der Waals surface area contributed by atoms with E-state index in [2.05, 4.69) is 23.1 Å². The van der Waals surface area contributed by atoms with Crippen molar-refractivity contribution in [2.24, 2.45) is 0 Å². The number of rotatable bonds is 5. The Hall–Kier alpha value is -3.92. The van der Waals surface area contributed by atoms with E-state index in [-0.39, 0.29) is 10.6 Å². The van der Waals surface area contributed by atoms with Crippen molar-refractivity contribution in [3.63, 3.8) is 0 Å². The number of anilines is 2. The number of nitrogens with zero attached hydrogens (tertiary/aromatic N) is 4. The van der Waals surface area contributed by atoms with Gasteiger partial charge in [-0.1, -0.05) is 42.5 Å². The third kappa shape index (κ3) is 4.60. The van der Waals surface area contributed by atoms with E-state index in [9.17, 15) is 22.4 Å². The number of amides is 3. The number of aryl methyl sites for hydroxylation is 2. The number of halogens is 1. The predicted octanol–water partition coefficient (Wildman–Crippen LogP) is 3.79. The summed E-state index contributed by atoms with van der Waals surface area (Å²) in [6.45, 7) is 5.64. The number of carbonyl (C=O) groups excluding carboxylic acids is 2. The molecule has 2 aliphatic rings. The number of carbonyl (C=O) groups is 2. The summed E-state index contributed by atoms with van der Waals surface area (Å²) < 4.78 is 42.3. The molecule has 0 aliphatic carbocycles. The second-order valence-corrected chi connectivity index (χ2v) is 11.4. The van der Waals surface area contributed by atoms with Crippen LogP contribution in [0.1, 0.15) is 11.1 Å². The summed E-state index contributed by atoms with van der Waals surface area (Å²) in [7, 11) is -4.25. The van der Waals surface area contributed by atoms with Gasteiger partial charge in [0.2, 0.25) is 5.91 Å². The Morgan fingerprint density at radius 1 is 0.868 bits per heavy atom. The van der Waals surface area contributed by atoms with Gasteiger partial charge < -0.3 is 9.80 Å². The molecule has 2 aliphatic heterocycles. The number of piperazine rings is 1. The van der Waals surface area contributed by atoms with Crippen molar-refractivity contribution in [2.75, 3.05) is 42.5 Å². The standard InChI is InChI=1S/C28H29FN4O4S/c1-20-12-13-21(2)25(18-20)30-14-16-31(17-15-30)27(34)26-19-32(38(36,37)22-8-4-3-5-9-22)28(35)33(26)24-11-7-6-10-23(24)29/h3-13,18,26H,14-17,19H2,1-2H3/t26-/m0/s1. The van der Waals surface area contributed by atoms with E-state index in [1.54, 1.807) is 29.2 Å². The summed E-state index contributed by atoms with van der Waals surface area (Å²) in [4.78, 5) is 32.0. The Morgan fingerprint density at radius 2 is 1.53 bits per heavy atom. The smallest absolute Gasteiger partial charge is 0.339 e. The van der Waals surface area contributed by atoms with E-state index in [1.165, 1.54) is 30.3 Å². The highest BCUT2D eigenvalue weighted by Gasteiger charge is 2.49. The molecule has 1 atom stereocenters. The van der Waals surface area contributed by atoms with Crippen LogP contribution in [0.3, 0.4) is 0 Å². The Kier molecular flexibility index (Phi) is 6.83. The highest BCUT2D eigenvalue weighted by Crippen LogP contribution is 2.32. The van der Waals surface area contributed by atoms with Crippen molar-refractivity contribution in [1.29, 1.82) is 0 Å². The molecule has 2 fully saturated rings. The SMILES string of the molecule is Cc1ccc(C)c(N2CCN(C(=O)[C@@H]3CN(S(=O)(=O)c4ccccc4)C(=O)N3c3ccccc3F)CC2)c1. The third-order valence-corrected chi connectivity index (χ3v) is 8.85. The first kappa shape index (κ1) is 25.7. The Morgan fingerprint density at radius 3 is 2.21 bits per heavy atom. The maximum atomic E-state index is 14.9. The lowest BCUT2D eigenvalue weighted by Crippen LogP contribution is -2.55. The highest BCUT2D eigenvalue weighted by atomic mass is 32.2. The zero-order valence-electron chi connectivity index (χ0n) is 21.2. The molecule has 0 N–H and O–H groups in total. The zero-order chi connectivity index (χ0) is 27.0. The van der Waals surface area contributed by atoms with Crippen LogP contribution in [0.5, 0.6) is 0 Å². The zero-order valence-corrected chi connectivity index (χ0v) is 22.1. The van der Waals surface area contributed by atoms with Crippen molar-refractivity contribution in [3.8, 4) is 0 Å². The average Bonchev–Trinajstić information content (AvgIpc) is 3.28. The first-order valence-corrected chi connectivity index (χ1v) is 13.9. The van der Waals surface area contributed by atoms with Gasteiger partial charge in [0.05, 0.1) is 17.1 Å². The lowest BCUT2D eigenvalue weighted by atomic mass is 10.1. The molecular weight excluding hydrogens is 507 g/mol. The lowest BCUT2D eigenvalue weighted by molar-refractivity contribution is -0.132. The van der Waals surface area contributed by atoms with Crippen molar-refractivity contribution in [3.05, 3.63) is 89.7 Å². The fraction of sp³-hybridized carbons (Fsp3) is 0.286. The number of para-hydroxylation sites is 1. The molecule has 3 aromatic carbocycles. The normalized spacial score (nSPS) is 18.3. The van der Waals surface area contributed by atoms with Gasteiger partial charge in [0.25, 0.3) is 10.0 Å². The number of urea groups is 1. The molecule has 8 nitrogen and oxygen atoms in total. The fourth-order valence-corrected chi connectivity index (χ4v) is 6.42. The molecule has 0 bridgehead atoms. The van der Waals surface area contributed by atoms with E-state index in [0.29, 0.717) is 30.5 Å². The van der Waals surface area contributed by atoms with Crippen LogP contribution in [-0.4, -0.2) is 68.3 Å². The van der Waals surface area contributed by atoms with Gasteiger partial charge in [-0.25, -0.2) is 21.9 Å². The molecule has 3 aromatic rings. The average molecular weight is 537 g/mol. The summed E-state index contributed by atoms with van der Waals surface area (Å²) in [5.74, 6) is -1.12. The quantitative estimate of drug-likeness (QED) is 0.496. The first-order valence-electron chi connectivity index (χ1n) is 12.4. The molecule has 0 unspecified atom stereocenters. The molecule has 2 saturated heterocycles. The molecule has 198 valence electrons. The summed E-state index contributed by atoms with van der Waals surface area (Å²) in [6.07, 6.45) is 0. The van der Waals surface area contributed by atoms with Gasteiger partial charge in [-0.05, 0) is 55.3 Å². The second kappa shape index (κ2) is 10.1. The van der Waals surface area contributed by atoms with Crippen LogP contribution >= 0.6 is 0 Å². The maximum Gasteiger partial charge on any atom is 0.339 e. The second-order valence-electron chi connectivity index (χ2n) is 9.57. The van der Waals surface area contributed by atoms with Crippen LogP contribution < -0.4 is 9.80 Å². The monoisotopic (exact) mass is 536 g/mol. The van der Waals surface area contributed by atoms with Gasteiger partial charge in [0.1, 0.15) is 11.9 Å². The van der Waals surface area contributed by atoms with E-state index >= 15 is 0 Å². The van der Waals surface area contributed by atoms with Gasteiger partial charge in [0, 0.05) is 31.9 Å². The van der Waals surface area contributed by atoms with Crippen molar-refractivity contribution >= 4 is 33.3 Å². The molecule has 5 rings (SSSR count). The summed E-state index contributed by atoms with van der Waals surface area (Å²) in [5.41, 5.74) is 3.27. The minimum atomic E-state index is -4.25. The molecule has 10 heteroatoms. The fourth-order valence-electron chi connectivity index (χ4n) is 5.04. The van der Waals surface area contributed by atoms with Crippen LogP contribution in [0.25, 0.3) is 0 Å². The van der Waals surface area contributed by atoms with Crippen LogP contribution in [0.15, 0.2) is 77.7 Å². The van der Waals surface area contributed by atoms with Crippen molar-refractivity contribution < 1.29 is 22.4 Å². The van der Waals surface area contributed by atoms with E-state index in [4.69, 9.17) is 0 Å². The molecule has 2 heterocycles. The molecule has 0 aromatic heterocycles. The van der Waals surface area contributed by atoms with E-state index in [0.717, 1.165) is 21.7 Å². The van der Waals surface area contributed by atoms with Crippen molar-refractivity contribution in [1.82, 2.24) is 9.21 Å². The van der Waals surface area contributed by atoms with Gasteiger partial charge in [0.15, 0.2) is 0 Å². The molecule has 38 heavy (non-hydrogen) atoms. The van der Waals surface area contributed by atoms with E-state index in [1.807, 2.05) is 13.8 Å². The Labute approximate surface area is 221 Å². The number of sulfonamides is 1. The third-order valence-electron chi connectivity index (χ3n) is 7.09. The van der Waals surface area contributed by atoms with Gasteiger partial charge >= 0.3 is 6.03 Å². The van der Waals surface area contributed by atoms with Gasteiger partial charge in [-0.2, -0.15) is 0 Å². The molecular formula is C28H29FN4O4S. The molecule has 0 radical (unpaired) electrons. The van der Waals surface area contributed by atoms with Crippen molar-refractivity contribution in [2.45, 2.75) is 24.8 Å². The van der Waals surface area contributed by atoms with Crippen LogP contribution in [-0.2, 0) is 14.8 Å². The summed E-state index contributed by atoms with van der Waals surface area (Å²) in [6, 6.07) is 17.2. The van der Waals surface area contributed by atoms with Crippen LogP contribution in [0, 0.1) is 19.7 Å². The molecule has 3 amide bonds. The number of hydrogen-bond acceptors (Lipinski definition) is 5. The Balaban J connectivity index is 1.42. The minimum absolute atomic E-state index is 0.0722. The highest BCUT2D eigenvalue weighted by molar-refractivity contribution is 7.89.